The fraction of sp³-hybridized carbons (Fsp3) is 0.391. The number of Topliss-reactive ketones (excluding diaryl/α,β-unsaturated/α-hetero) is 1. The summed E-state index contributed by atoms with van der Waals surface area (Å²) >= 11 is 0. The van der Waals surface area contributed by atoms with Gasteiger partial charge in [-0.2, -0.15) is 0 Å². The summed E-state index contributed by atoms with van der Waals surface area (Å²) < 4.78 is 14.2. The Bertz CT molecular complexity index is 1080. The van der Waals surface area contributed by atoms with Crippen LogP contribution in [-0.4, -0.2) is 32.9 Å². The van der Waals surface area contributed by atoms with Gasteiger partial charge in [0, 0.05) is 35.2 Å². The van der Waals surface area contributed by atoms with E-state index in [2.05, 4.69) is 20.3 Å². The van der Waals surface area contributed by atoms with E-state index in [-0.39, 0.29) is 18.2 Å². The molecule has 2 saturated carbocycles. The second kappa shape index (κ2) is 7.17. The summed E-state index contributed by atoms with van der Waals surface area (Å²) in [5, 5.41) is 5.12. The van der Waals surface area contributed by atoms with Crippen LogP contribution in [0.5, 0.6) is 0 Å². The van der Waals surface area contributed by atoms with Gasteiger partial charge < -0.3 is 5.32 Å². The van der Waals surface area contributed by atoms with Gasteiger partial charge in [-0.25, -0.2) is 9.37 Å². The highest BCUT2D eigenvalue weighted by Crippen LogP contribution is 2.35. The number of pyridine rings is 1. The minimum absolute atomic E-state index is 0.243. The van der Waals surface area contributed by atoms with Crippen molar-refractivity contribution in [1.29, 1.82) is 0 Å². The summed E-state index contributed by atoms with van der Waals surface area (Å²) in [6, 6.07) is 8.00. The number of carbonyl (C=O) groups is 1. The molecule has 0 unspecified atom stereocenters. The second-order valence-electron chi connectivity index (χ2n) is 8.30. The molecule has 2 aliphatic rings. The van der Waals surface area contributed by atoms with E-state index in [0.717, 1.165) is 47.0 Å². The molecule has 0 bridgehead atoms. The fourth-order valence-electron chi connectivity index (χ4n) is 3.75. The summed E-state index contributed by atoms with van der Waals surface area (Å²) in [7, 11) is 0. The zero-order valence-corrected chi connectivity index (χ0v) is 16.2. The number of ketones is 1. The molecular formula is C23H23FN4O. The van der Waals surface area contributed by atoms with Crippen molar-refractivity contribution in [3.63, 3.8) is 0 Å². The van der Waals surface area contributed by atoms with Crippen LogP contribution < -0.4 is 5.32 Å². The molecule has 0 atom stereocenters. The Morgan fingerprint density at radius 3 is 2.76 bits per heavy atom. The largest absolute Gasteiger partial charge is 0.366 e. The molecule has 0 aliphatic heterocycles. The molecule has 2 fully saturated rings. The van der Waals surface area contributed by atoms with Gasteiger partial charge in [0.25, 0.3) is 0 Å². The predicted molar refractivity (Wildman–Crippen MR) is 110 cm³/mol. The number of hydrogen-bond acceptors (Lipinski definition) is 5. The van der Waals surface area contributed by atoms with Gasteiger partial charge in [0.15, 0.2) is 0 Å². The van der Waals surface area contributed by atoms with Gasteiger partial charge in [-0.3, -0.25) is 14.8 Å². The fourth-order valence-corrected chi connectivity index (χ4v) is 3.75. The van der Waals surface area contributed by atoms with Crippen LogP contribution in [0.2, 0.25) is 0 Å². The third-order valence-electron chi connectivity index (χ3n) is 5.93. The molecule has 0 saturated heterocycles. The van der Waals surface area contributed by atoms with E-state index in [1.165, 1.54) is 0 Å². The topological polar surface area (TPSA) is 67.8 Å². The van der Waals surface area contributed by atoms with Gasteiger partial charge >= 0.3 is 0 Å². The first-order chi connectivity index (χ1) is 14.1. The van der Waals surface area contributed by atoms with Gasteiger partial charge in [-0.05, 0) is 49.6 Å². The molecule has 3 aromatic rings. The third-order valence-corrected chi connectivity index (χ3v) is 5.93. The monoisotopic (exact) mass is 390 g/mol. The first-order valence-corrected chi connectivity index (χ1v) is 10.2. The van der Waals surface area contributed by atoms with Gasteiger partial charge in [-0.1, -0.05) is 12.1 Å². The Morgan fingerprint density at radius 1 is 1.14 bits per heavy atom. The number of fused-ring (bicyclic) bond motifs is 1. The highest BCUT2D eigenvalue weighted by Gasteiger charge is 2.36. The number of hydrogen-bond donors (Lipinski definition) is 1. The van der Waals surface area contributed by atoms with Crippen molar-refractivity contribution >= 4 is 22.4 Å². The normalized spacial score (nSPS) is 17.7. The molecule has 29 heavy (non-hydrogen) atoms. The predicted octanol–water partition coefficient (Wildman–Crippen LogP) is 4.52. The number of rotatable bonds is 7. The number of anilines is 1. The van der Waals surface area contributed by atoms with Crippen LogP contribution in [0.3, 0.4) is 0 Å². The average molecular weight is 390 g/mol. The summed E-state index contributed by atoms with van der Waals surface area (Å²) in [5.41, 5.74) is 1.35. The van der Waals surface area contributed by atoms with Crippen LogP contribution in [0.4, 0.5) is 10.2 Å². The van der Waals surface area contributed by atoms with Crippen LogP contribution in [0.15, 0.2) is 42.9 Å². The maximum Gasteiger partial charge on any atom is 0.145 e. The van der Waals surface area contributed by atoms with Gasteiger partial charge in [-0.15, -0.1) is 0 Å². The van der Waals surface area contributed by atoms with Crippen LogP contribution in [-0.2, 0) is 11.2 Å². The minimum atomic E-state index is -1.11. The number of aromatic nitrogens is 3. The Balaban J connectivity index is 1.37. The van der Waals surface area contributed by atoms with Crippen molar-refractivity contribution in [2.75, 3.05) is 11.9 Å². The van der Waals surface area contributed by atoms with Gasteiger partial charge in [0.2, 0.25) is 0 Å². The molecule has 2 heterocycles. The number of alkyl halides is 1. The lowest BCUT2D eigenvalue weighted by Gasteiger charge is -2.33. The molecule has 0 spiro atoms. The maximum atomic E-state index is 14.2. The molecular weight excluding hydrogens is 367 g/mol. The average Bonchev–Trinajstić information content (AvgIpc) is 3.56. The first kappa shape index (κ1) is 18.2. The molecule has 1 N–H and O–H groups in total. The number of benzene rings is 1. The Labute approximate surface area is 168 Å². The zero-order valence-electron chi connectivity index (χ0n) is 16.2. The standard InChI is InChI=1S/C23H23FN4O/c24-23(6-1-7-23)14-27-22-13-25-12-20(28-22)16-4-5-17-11-26-19(9-18(17)8-16)10-21(29)15-2-3-15/h4-5,8-9,11-13,15H,1-3,6-7,10,14H2,(H,27,28). The SMILES string of the molecule is O=C(Cc1cc2cc(-c3cncc(NCC4(F)CCC4)n3)ccc2cn1)C1CC1. The molecule has 1 aromatic carbocycles. The summed E-state index contributed by atoms with van der Waals surface area (Å²) in [6.45, 7) is 0.271. The summed E-state index contributed by atoms with van der Waals surface area (Å²) in [5.74, 6) is 1.11. The van der Waals surface area contributed by atoms with E-state index < -0.39 is 5.67 Å². The van der Waals surface area contributed by atoms with E-state index in [4.69, 9.17) is 0 Å². The number of halogens is 1. The van der Waals surface area contributed by atoms with E-state index in [1.54, 1.807) is 12.4 Å². The summed E-state index contributed by atoms with van der Waals surface area (Å²) in [4.78, 5) is 25.4. The molecule has 0 radical (unpaired) electrons. The number of nitrogens with zero attached hydrogens (tertiary/aromatic N) is 3. The molecule has 6 heteroatoms. The Morgan fingerprint density at radius 2 is 2.00 bits per heavy atom. The van der Waals surface area contributed by atoms with Gasteiger partial charge in [0.05, 0.1) is 24.6 Å². The van der Waals surface area contributed by atoms with Crippen LogP contribution in [0, 0.1) is 5.92 Å². The lowest BCUT2D eigenvalue weighted by molar-refractivity contribution is -0.119. The van der Waals surface area contributed by atoms with Crippen molar-refractivity contribution in [3.8, 4) is 11.3 Å². The number of carbonyl (C=O) groups excluding carboxylic acids is 1. The quantitative estimate of drug-likeness (QED) is 0.643. The zero-order chi connectivity index (χ0) is 19.8. The Kier molecular flexibility index (Phi) is 4.49. The number of nitrogens with one attached hydrogen (secondary N) is 1. The molecule has 2 aromatic heterocycles. The van der Waals surface area contributed by atoms with E-state index >= 15 is 0 Å². The lowest BCUT2D eigenvalue weighted by atomic mass is 9.82. The molecule has 2 aliphatic carbocycles. The van der Waals surface area contributed by atoms with Gasteiger partial charge in [0.1, 0.15) is 17.3 Å². The molecule has 148 valence electrons. The smallest absolute Gasteiger partial charge is 0.145 e. The highest BCUT2D eigenvalue weighted by molar-refractivity contribution is 5.89. The highest BCUT2D eigenvalue weighted by atomic mass is 19.1. The third kappa shape index (κ3) is 3.97. The van der Waals surface area contributed by atoms with Crippen molar-refractivity contribution in [1.82, 2.24) is 15.0 Å². The minimum Gasteiger partial charge on any atom is -0.366 e. The second-order valence-corrected chi connectivity index (χ2v) is 8.30. The summed E-state index contributed by atoms with van der Waals surface area (Å²) in [6.07, 6.45) is 9.75. The lowest BCUT2D eigenvalue weighted by Crippen LogP contribution is -2.39. The van der Waals surface area contributed by atoms with E-state index in [0.29, 0.717) is 25.1 Å². The molecule has 5 nitrogen and oxygen atoms in total. The van der Waals surface area contributed by atoms with Crippen LogP contribution in [0.1, 0.15) is 37.8 Å². The van der Waals surface area contributed by atoms with Crippen molar-refractivity contribution < 1.29 is 9.18 Å². The van der Waals surface area contributed by atoms with E-state index in [9.17, 15) is 9.18 Å². The maximum absolute atomic E-state index is 14.2. The van der Waals surface area contributed by atoms with Crippen molar-refractivity contribution in [2.24, 2.45) is 5.92 Å². The van der Waals surface area contributed by atoms with E-state index in [1.807, 2.05) is 30.5 Å². The molecule has 5 rings (SSSR count). The first-order valence-electron chi connectivity index (χ1n) is 10.2. The van der Waals surface area contributed by atoms with Crippen molar-refractivity contribution in [3.05, 3.63) is 48.5 Å². The molecule has 0 amide bonds. The Hall–Kier alpha value is -2.89. The van der Waals surface area contributed by atoms with Crippen LogP contribution in [0.25, 0.3) is 22.0 Å². The van der Waals surface area contributed by atoms with Crippen LogP contribution >= 0.6 is 0 Å². The van der Waals surface area contributed by atoms with Crippen molar-refractivity contribution in [2.45, 2.75) is 44.2 Å².